The third-order valence-corrected chi connectivity index (χ3v) is 3.55. The van der Waals surface area contributed by atoms with Crippen molar-refractivity contribution in [1.82, 2.24) is 0 Å². The number of rotatable bonds is 2. The second-order valence-corrected chi connectivity index (χ2v) is 4.99. The molecule has 1 aliphatic heterocycles. The first-order valence-corrected chi connectivity index (χ1v) is 6.17. The molecule has 0 aromatic heterocycles. The van der Waals surface area contributed by atoms with Gasteiger partial charge in [0.25, 0.3) is 0 Å². The van der Waals surface area contributed by atoms with Gasteiger partial charge in [0.1, 0.15) is 5.76 Å². The Morgan fingerprint density at radius 2 is 2.27 bits per heavy atom. The van der Waals surface area contributed by atoms with Crippen molar-refractivity contribution in [3.8, 4) is 0 Å². The van der Waals surface area contributed by atoms with Crippen LogP contribution < -0.4 is 5.73 Å². The lowest BCUT2D eigenvalue weighted by atomic mass is 10.1. The van der Waals surface area contributed by atoms with E-state index in [9.17, 15) is 0 Å². The molecule has 1 aromatic rings. The minimum absolute atomic E-state index is 0.196. The quantitative estimate of drug-likeness (QED) is 0.842. The van der Waals surface area contributed by atoms with Crippen LogP contribution in [0.4, 0.5) is 0 Å². The van der Waals surface area contributed by atoms with Crippen LogP contribution in [0.25, 0.3) is 0 Å². The van der Waals surface area contributed by atoms with E-state index in [0.29, 0.717) is 5.02 Å². The molecule has 1 atom stereocenters. The summed E-state index contributed by atoms with van der Waals surface area (Å²) >= 11 is 8.21. The van der Waals surface area contributed by atoms with Gasteiger partial charge < -0.3 is 10.5 Å². The van der Waals surface area contributed by atoms with Crippen LogP contribution in [-0.2, 0) is 4.74 Å². The molecular weight excluding hydrogens is 324 g/mol. The number of hydrogen-bond acceptors (Lipinski definition) is 2. The summed E-state index contributed by atoms with van der Waals surface area (Å²) in [6.07, 6.45) is 2.99. The Morgan fingerprint density at radius 3 is 2.93 bits per heavy atom. The number of benzene rings is 1. The average Bonchev–Trinajstić information content (AvgIpc) is 2.74. The Balaban J connectivity index is 2.31. The lowest BCUT2D eigenvalue weighted by Crippen LogP contribution is -2.15. The fourth-order valence-corrected chi connectivity index (χ4v) is 2.41. The van der Waals surface area contributed by atoms with Crippen LogP contribution in [0, 0.1) is 3.57 Å². The van der Waals surface area contributed by atoms with E-state index in [-0.39, 0.29) is 6.04 Å². The van der Waals surface area contributed by atoms with Gasteiger partial charge >= 0.3 is 0 Å². The summed E-state index contributed by atoms with van der Waals surface area (Å²) in [7, 11) is 0. The molecular formula is C11H11ClINO. The molecule has 0 fully saturated rings. The topological polar surface area (TPSA) is 35.2 Å². The van der Waals surface area contributed by atoms with Gasteiger partial charge in [-0.15, -0.1) is 0 Å². The fraction of sp³-hybridized carbons (Fsp3) is 0.273. The maximum absolute atomic E-state index is 6.11. The summed E-state index contributed by atoms with van der Waals surface area (Å²) in [5.41, 5.74) is 7.14. The summed E-state index contributed by atoms with van der Waals surface area (Å²) in [6, 6.07) is 5.53. The van der Waals surface area contributed by atoms with Crippen molar-refractivity contribution in [3.63, 3.8) is 0 Å². The first-order chi connectivity index (χ1) is 7.18. The molecule has 15 heavy (non-hydrogen) atoms. The first-order valence-electron chi connectivity index (χ1n) is 4.72. The van der Waals surface area contributed by atoms with Crippen LogP contribution in [0.15, 0.2) is 30.0 Å². The molecule has 0 radical (unpaired) electrons. The second kappa shape index (κ2) is 4.72. The molecule has 1 unspecified atom stereocenters. The molecule has 4 heteroatoms. The van der Waals surface area contributed by atoms with Crippen molar-refractivity contribution in [3.05, 3.63) is 44.2 Å². The highest BCUT2D eigenvalue weighted by Crippen LogP contribution is 2.29. The molecule has 80 valence electrons. The van der Waals surface area contributed by atoms with E-state index >= 15 is 0 Å². The highest BCUT2D eigenvalue weighted by Gasteiger charge is 2.18. The monoisotopic (exact) mass is 335 g/mol. The minimum atomic E-state index is -0.196. The predicted molar refractivity (Wildman–Crippen MR) is 69.7 cm³/mol. The Morgan fingerprint density at radius 1 is 1.47 bits per heavy atom. The van der Waals surface area contributed by atoms with Gasteiger partial charge in [0.15, 0.2) is 0 Å². The number of ether oxygens (including phenoxy) is 1. The SMILES string of the molecule is NC(C1=CCCO1)c1cc(Cl)ccc1I. The molecule has 0 saturated heterocycles. The zero-order valence-electron chi connectivity index (χ0n) is 8.04. The lowest BCUT2D eigenvalue weighted by molar-refractivity contribution is 0.225. The van der Waals surface area contributed by atoms with Crippen LogP contribution in [0.5, 0.6) is 0 Å². The molecule has 0 spiro atoms. The van der Waals surface area contributed by atoms with Crippen molar-refractivity contribution >= 4 is 34.2 Å². The molecule has 2 nitrogen and oxygen atoms in total. The van der Waals surface area contributed by atoms with E-state index in [2.05, 4.69) is 22.6 Å². The number of halogens is 2. The van der Waals surface area contributed by atoms with Gasteiger partial charge in [0.2, 0.25) is 0 Å². The normalized spacial score (nSPS) is 17.1. The van der Waals surface area contributed by atoms with E-state index in [1.165, 1.54) is 0 Å². The smallest absolute Gasteiger partial charge is 0.113 e. The van der Waals surface area contributed by atoms with E-state index < -0.39 is 0 Å². The largest absolute Gasteiger partial charge is 0.496 e. The van der Waals surface area contributed by atoms with Crippen molar-refractivity contribution < 1.29 is 4.74 Å². The number of hydrogen-bond donors (Lipinski definition) is 1. The molecule has 0 bridgehead atoms. The summed E-state index contributed by atoms with van der Waals surface area (Å²) in [5, 5.41) is 0.708. The number of nitrogens with two attached hydrogens (primary N) is 1. The third-order valence-electron chi connectivity index (χ3n) is 2.33. The van der Waals surface area contributed by atoms with Crippen LogP contribution >= 0.6 is 34.2 Å². The van der Waals surface area contributed by atoms with Crippen LogP contribution in [0.3, 0.4) is 0 Å². The Bertz CT molecular complexity index is 406. The van der Waals surface area contributed by atoms with Gasteiger partial charge in [-0.2, -0.15) is 0 Å². The van der Waals surface area contributed by atoms with E-state index in [1.807, 2.05) is 24.3 Å². The molecule has 1 aromatic carbocycles. The molecule has 1 aliphatic rings. The second-order valence-electron chi connectivity index (χ2n) is 3.39. The fourth-order valence-electron chi connectivity index (χ4n) is 1.56. The third kappa shape index (κ3) is 2.46. The van der Waals surface area contributed by atoms with Crippen LogP contribution in [0.1, 0.15) is 18.0 Å². The van der Waals surface area contributed by atoms with Gasteiger partial charge in [-0.3, -0.25) is 0 Å². The Hall–Kier alpha value is -0.260. The average molecular weight is 336 g/mol. The van der Waals surface area contributed by atoms with Gasteiger partial charge in [0.05, 0.1) is 12.6 Å². The maximum atomic E-state index is 6.11. The standard InChI is InChI=1S/C11H11ClINO/c12-7-3-4-9(13)8(6-7)11(14)10-2-1-5-15-10/h2-4,6,11H,1,5,14H2. The minimum Gasteiger partial charge on any atom is -0.496 e. The Labute approximate surface area is 108 Å². The van der Waals surface area contributed by atoms with Crippen molar-refractivity contribution in [2.75, 3.05) is 6.61 Å². The molecule has 2 rings (SSSR count). The van der Waals surface area contributed by atoms with E-state index in [4.69, 9.17) is 22.1 Å². The van der Waals surface area contributed by atoms with Crippen molar-refractivity contribution in [1.29, 1.82) is 0 Å². The molecule has 0 saturated carbocycles. The zero-order valence-corrected chi connectivity index (χ0v) is 11.0. The van der Waals surface area contributed by atoms with Gasteiger partial charge in [-0.25, -0.2) is 0 Å². The molecule has 2 N–H and O–H groups in total. The first kappa shape index (κ1) is 11.2. The van der Waals surface area contributed by atoms with Crippen LogP contribution in [0.2, 0.25) is 5.02 Å². The highest BCUT2D eigenvalue weighted by molar-refractivity contribution is 14.1. The molecule has 0 aliphatic carbocycles. The zero-order chi connectivity index (χ0) is 10.8. The summed E-state index contributed by atoms with van der Waals surface area (Å²) < 4.78 is 6.57. The van der Waals surface area contributed by atoms with E-state index in [0.717, 1.165) is 27.9 Å². The highest BCUT2D eigenvalue weighted by atomic mass is 127. The van der Waals surface area contributed by atoms with Gasteiger partial charge in [-0.1, -0.05) is 11.6 Å². The summed E-state index contributed by atoms with van der Waals surface area (Å²) in [6.45, 7) is 0.736. The maximum Gasteiger partial charge on any atom is 0.113 e. The molecule has 0 amide bonds. The van der Waals surface area contributed by atoms with Gasteiger partial charge in [0, 0.05) is 15.0 Å². The Kier molecular flexibility index (Phi) is 3.53. The van der Waals surface area contributed by atoms with Crippen molar-refractivity contribution in [2.24, 2.45) is 5.73 Å². The summed E-state index contributed by atoms with van der Waals surface area (Å²) in [4.78, 5) is 0. The molecule has 1 heterocycles. The van der Waals surface area contributed by atoms with Crippen LogP contribution in [-0.4, -0.2) is 6.61 Å². The van der Waals surface area contributed by atoms with E-state index in [1.54, 1.807) is 0 Å². The summed E-state index contributed by atoms with van der Waals surface area (Å²) in [5.74, 6) is 0.857. The van der Waals surface area contributed by atoms with Gasteiger partial charge in [-0.05, 0) is 52.4 Å². The predicted octanol–water partition coefficient (Wildman–Crippen LogP) is 3.25. The van der Waals surface area contributed by atoms with Crippen molar-refractivity contribution in [2.45, 2.75) is 12.5 Å². The lowest BCUT2D eigenvalue weighted by Gasteiger charge is -2.15.